The minimum absolute atomic E-state index is 0.271. The van der Waals surface area contributed by atoms with Crippen LogP contribution in [0.1, 0.15) is 55.7 Å². The molecule has 0 saturated carbocycles. The Morgan fingerprint density at radius 3 is 3.00 bits per heavy atom. The second kappa shape index (κ2) is 5.45. The Morgan fingerprint density at radius 1 is 1.28 bits per heavy atom. The molecule has 1 saturated heterocycles. The van der Waals surface area contributed by atoms with Crippen molar-refractivity contribution in [1.29, 1.82) is 0 Å². The normalized spacial score (nSPS) is 27.4. The fourth-order valence-corrected chi connectivity index (χ4v) is 3.29. The summed E-state index contributed by atoms with van der Waals surface area (Å²) in [6.45, 7) is 2.08. The summed E-state index contributed by atoms with van der Waals surface area (Å²) in [7, 11) is 0. The van der Waals surface area contributed by atoms with E-state index >= 15 is 0 Å². The van der Waals surface area contributed by atoms with Crippen LogP contribution in [-0.4, -0.2) is 17.3 Å². The highest BCUT2D eigenvalue weighted by molar-refractivity contribution is 5.29. The first-order valence-electron chi connectivity index (χ1n) is 7.38. The lowest BCUT2D eigenvalue weighted by molar-refractivity contribution is 0.101. The van der Waals surface area contributed by atoms with Crippen molar-refractivity contribution < 1.29 is 4.74 Å². The molecule has 3 rings (SSSR count). The fraction of sp³-hybridized carbons (Fsp3) is 0.733. The molecule has 0 radical (unpaired) electrons. The maximum absolute atomic E-state index is 6.15. The van der Waals surface area contributed by atoms with Crippen LogP contribution in [0.4, 0.5) is 0 Å². The largest absolute Gasteiger partial charge is 0.378 e. The molecule has 2 atom stereocenters. The number of nitrogens with zero attached hydrogens (tertiary/aromatic N) is 1. The van der Waals surface area contributed by atoms with Crippen LogP contribution in [-0.2, 0) is 17.7 Å². The number of nitrogens with two attached hydrogens (primary N) is 1. The second-order valence-electron chi connectivity index (χ2n) is 5.75. The molecule has 3 nitrogen and oxygen atoms in total. The van der Waals surface area contributed by atoms with Gasteiger partial charge in [-0.2, -0.15) is 0 Å². The molecule has 100 valence electrons. The molecule has 0 spiro atoms. The van der Waals surface area contributed by atoms with Crippen molar-refractivity contribution in [2.24, 2.45) is 5.73 Å². The lowest BCUT2D eigenvalue weighted by Crippen LogP contribution is -2.15. The lowest BCUT2D eigenvalue weighted by Gasteiger charge is -2.17. The molecule has 18 heavy (non-hydrogen) atoms. The number of hydrogen-bond donors (Lipinski definition) is 1. The SMILES string of the molecule is NC1CCCc2cn(CCCC3CCCO3)cc21. The van der Waals surface area contributed by atoms with E-state index in [1.165, 1.54) is 49.7 Å². The minimum atomic E-state index is 0.271. The highest BCUT2D eigenvalue weighted by Gasteiger charge is 2.19. The molecule has 1 fully saturated rings. The Kier molecular flexibility index (Phi) is 3.71. The Balaban J connectivity index is 1.53. The highest BCUT2D eigenvalue weighted by atomic mass is 16.5. The molecule has 1 aliphatic heterocycles. The topological polar surface area (TPSA) is 40.2 Å². The zero-order chi connectivity index (χ0) is 12.4. The molecule has 0 bridgehead atoms. The van der Waals surface area contributed by atoms with Gasteiger partial charge in [-0.25, -0.2) is 0 Å². The van der Waals surface area contributed by atoms with E-state index in [1.54, 1.807) is 0 Å². The standard InChI is InChI=1S/C15H24N2O/c16-15-7-1-4-12-10-17(11-14(12)15)8-2-5-13-6-3-9-18-13/h10-11,13,15H,1-9,16H2. The summed E-state index contributed by atoms with van der Waals surface area (Å²) < 4.78 is 8.00. The van der Waals surface area contributed by atoms with Crippen LogP contribution in [0, 0.1) is 0 Å². The zero-order valence-electron chi connectivity index (χ0n) is 11.1. The second-order valence-corrected chi connectivity index (χ2v) is 5.75. The van der Waals surface area contributed by atoms with E-state index in [0.717, 1.165) is 19.6 Å². The van der Waals surface area contributed by atoms with Crippen molar-refractivity contribution in [3.8, 4) is 0 Å². The van der Waals surface area contributed by atoms with Crippen molar-refractivity contribution in [2.75, 3.05) is 6.61 Å². The van der Waals surface area contributed by atoms with E-state index in [2.05, 4.69) is 17.0 Å². The van der Waals surface area contributed by atoms with Gasteiger partial charge in [0.15, 0.2) is 0 Å². The number of aromatic nitrogens is 1. The van der Waals surface area contributed by atoms with Crippen molar-refractivity contribution >= 4 is 0 Å². The maximum Gasteiger partial charge on any atom is 0.0576 e. The monoisotopic (exact) mass is 248 g/mol. The van der Waals surface area contributed by atoms with Gasteiger partial charge in [0.25, 0.3) is 0 Å². The molecule has 1 aliphatic carbocycles. The van der Waals surface area contributed by atoms with Gasteiger partial charge >= 0.3 is 0 Å². The summed E-state index contributed by atoms with van der Waals surface area (Å²) >= 11 is 0. The molecule has 2 N–H and O–H groups in total. The lowest BCUT2D eigenvalue weighted by atomic mass is 9.92. The Labute approximate surface area is 109 Å². The smallest absolute Gasteiger partial charge is 0.0576 e. The van der Waals surface area contributed by atoms with E-state index in [0.29, 0.717) is 6.10 Å². The number of fused-ring (bicyclic) bond motifs is 1. The van der Waals surface area contributed by atoms with Gasteiger partial charge in [-0.1, -0.05) is 0 Å². The molecule has 2 unspecified atom stereocenters. The first-order chi connectivity index (χ1) is 8.83. The third-order valence-corrected chi connectivity index (χ3v) is 4.32. The number of ether oxygens (including phenoxy) is 1. The van der Waals surface area contributed by atoms with Gasteiger partial charge in [0.05, 0.1) is 6.10 Å². The van der Waals surface area contributed by atoms with Gasteiger partial charge in [0.2, 0.25) is 0 Å². The molecule has 1 aromatic heterocycles. The van der Waals surface area contributed by atoms with Crippen LogP contribution < -0.4 is 5.73 Å². The molecular formula is C15H24N2O. The molecule has 2 heterocycles. The molecule has 3 heteroatoms. The predicted molar refractivity (Wildman–Crippen MR) is 72.5 cm³/mol. The average molecular weight is 248 g/mol. The molecule has 2 aliphatic rings. The van der Waals surface area contributed by atoms with Crippen LogP contribution in [0.3, 0.4) is 0 Å². The van der Waals surface area contributed by atoms with Gasteiger partial charge in [-0.15, -0.1) is 0 Å². The molecule has 0 amide bonds. The molecular weight excluding hydrogens is 224 g/mol. The van der Waals surface area contributed by atoms with E-state index in [1.807, 2.05) is 0 Å². The Bertz CT molecular complexity index is 393. The van der Waals surface area contributed by atoms with Crippen LogP contribution >= 0.6 is 0 Å². The first kappa shape index (κ1) is 12.2. The number of rotatable bonds is 4. The Morgan fingerprint density at radius 2 is 2.22 bits per heavy atom. The van der Waals surface area contributed by atoms with Crippen molar-refractivity contribution in [2.45, 2.75) is 63.6 Å². The van der Waals surface area contributed by atoms with Crippen molar-refractivity contribution in [1.82, 2.24) is 4.57 Å². The summed E-state index contributed by atoms with van der Waals surface area (Å²) in [5.41, 5.74) is 9.02. The van der Waals surface area contributed by atoms with Gasteiger partial charge < -0.3 is 15.0 Å². The van der Waals surface area contributed by atoms with Gasteiger partial charge in [0.1, 0.15) is 0 Å². The maximum atomic E-state index is 6.15. The van der Waals surface area contributed by atoms with Crippen LogP contribution in [0.15, 0.2) is 12.4 Å². The van der Waals surface area contributed by atoms with Gasteiger partial charge in [-0.3, -0.25) is 0 Å². The van der Waals surface area contributed by atoms with E-state index < -0.39 is 0 Å². The van der Waals surface area contributed by atoms with Crippen molar-refractivity contribution in [3.05, 3.63) is 23.5 Å². The summed E-state index contributed by atoms with van der Waals surface area (Å²) in [6.07, 6.45) is 13.6. The Hall–Kier alpha value is -0.800. The van der Waals surface area contributed by atoms with Crippen LogP contribution in [0.5, 0.6) is 0 Å². The quantitative estimate of drug-likeness (QED) is 0.890. The van der Waals surface area contributed by atoms with E-state index in [4.69, 9.17) is 10.5 Å². The fourth-order valence-electron chi connectivity index (χ4n) is 3.29. The summed E-state index contributed by atoms with van der Waals surface area (Å²) in [5.74, 6) is 0. The summed E-state index contributed by atoms with van der Waals surface area (Å²) in [4.78, 5) is 0. The van der Waals surface area contributed by atoms with Gasteiger partial charge in [0, 0.05) is 31.6 Å². The zero-order valence-corrected chi connectivity index (χ0v) is 11.1. The third kappa shape index (κ3) is 2.62. The summed E-state index contributed by atoms with van der Waals surface area (Å²) in [5, 5.41) is 0. The summed E-state index contributed by atoms with van der Waals surface area (Å²) in [6, 6.07) is 0.271. The van der Waals surface area contributed by atoms with Gasteiger partial charge in [-0.05, 0) is 56.1 Å². The van der Waals surface area contributed by atoms with Crippen LogP contribution in [0.2, 0.25) is 0 Å². The number of aryl methyl sites for hydroxylation is 2. The van der Waals surface area contributed by atoms with E-state index in [-0.39, 0.29) is 6.04 Å². The number of hydrogen-bond acceptors (Lipinski definition) is 2. The third-order valence-electron chi connectivity index (χ3n) is 4.32. The van der Waals surface area contributed by atoms with Crippen molar-refractivity contribution in [3.63, 3.8) is 0 Å². The van der Waals surface area contributed by atoms with E-state index in [9.17, 15) is 0 Å². The minimum Gasteiger partial charge on any atom is -0.378 e. The highest BCUT2D eigenvalue weighted by Crippen LogP contribution is 2.28. The first-order valence-corrected chi connectivity index (χ1v) is 7.38. The average Bonchev–Trinajstić information content (AvgIpc) is 2.98. The molecule has 1 aromatic rings. The van der Waals surface area contributed by atoms with Crippen LogP contribution in [0.25, 0.3) is 0 Å². The molecule has 0 aromatic carbocycles. The predicted octanol–water partition coefficient (Wildman–Crippen LogP) is 2.78.